The van der Waals surface area contributed by atoms with Crippen molar-refractivity contribution in [3.05, 3.63) is 129 Å². The van der Waals surface area contributed by atoms with Crippen molar-refractivity contribution < 1.29 is 0 Å². The lowest BCUT2D eigenvalue weighted by atomic mass is 9.81. The molecule has 4 rings (SSSR count). The third-order valence-corrected chi connectivity index (χ3v) is 13.1. The first-order valence-electron chi connectivity index (χ1n) is 24.3. The molecule has 318 valence electrons. The molecule has 4 aromatic carbocycles. The predicted octanol–water partition coefficient (Wildman–Crippen LogP) is 17.3. The van der Waals surface area contributed by atoms with Gasteiger partial charge in [0.15, 0.2) is 0 Å². The summed E-state index contributed by atoms with van der Waals surface area (Å²) < 4.78 is 0. The van der Waals surface area contributed by atoms with Crippen LogP contribution in [0.4, 0.5) is 11.4 Å². The summed E-state index contributed by atoms with van der Waals surface area (Å²) in [5.74, 6) is 1.19. The molecule has 0 fully saturated rings. The summed E-state index contributed by atoms with van der Waals surface area (Å²) >= 11 is 0. The van der Waals surface area contributed by atoms with Crippen LogP contribution in [0, 0.1) is 13.8 Å². The molecule has 2 heteroatoms. The molecule has 0 radical (unpaired) electrons. The van der Waals surface area contributed by atoms with Gasteiger partial charge in [-0.3, -0.25) is 0 Å². The van der Waals surface area contributed by atoms with E-state index in [4.69, 9.17) is 11.5 Å². The normalized spacial score (nSPS) is 13.1. The Bertz CT molecular complexity index is 1550. The van der Waals surface area contributed by atoms with Crippen molar-refractivity contribution in [2.75, 3.05) is 11.5 Å². The molecular weight excluding hydrogens is 701 g/mol. The maximum atomic E-state index is 6.23. The van der Waals surface area contributed by atoms with Crippen molar-refractivity contribution in [1.82, 2.24) is 0 Å². The minimum Gasteiger partial charge on any atom is -0.399 e. The van der Waals surface area contributed by atoms with E-state index in [0.29, 0.717) is 17.8 Å². The minimum atomic E-state index is 0.394. The maximum absolute atomic E-state index is 6.23. The Kier molecular flexibility index (Phi) is 22.2. The van der Waals surface area contributed by atoms with Crippen molar-refractivity contribution in [2.24, 2.45) is 0 Å². The van der Waals surface area contributed by atoms with E-state index in [2.05, 4.69) is 120 Å². The first-order chi connectivity index (χ1) is 28.4. The zero-order valence-electron chi connectivity index (χ0n) is 37.9. The van der Waals surface area contributed by atoms with E-state index < -0.39 is 0 Å². The Hall–Kier alpha value is -3.52. The Labute approximate surface area is 357 Å². The van der Waals surface area contributed by atoms with Crippen LogP contribution in [0.1, 0.15) is 237 Å². The number of hydrogen-bond acceptors (Lipinski definition) is 2. The number of benzene rings is 4. The van der Waals surface area contributed by atoms with Gasteiger partial charge in [-0.05, 0) is 102 Å². The summed E-state index contributed by atoms with van der Waals surface area (Å²) in [6.07, 6.45) is 32.1. The minimum absolute atomic E-state index is 0.394. The smallest absolute Gasteiger partial charge is 0.0316 e. The van der Waals surface area contributed by atoms with E-state index in [1.54, 1.807) is 0 Å². The number of nitrogens with two attached hydrogens (primary N) is 2. The average molecular weight is 785 g/mol. The predicted molar refractivity (Wildman–Crippen MR) is 257 cm³/mol. The van der Waals surface area contributed by atoms with Gasteiger partial charge in [0.2, 0.25) is 0 Å². The standard InChI is InChI=1S/C56H84N2/c1-6-9-11-13-15-17-19-21-23-25-28-55(52-40-38-50(57)42-44(52)4)48-34-30-46(31-35-48)54(27-8-3)47-32-36-49(37-33-47)56(53-41-39-51(58)43-45(53)5)29-26-24-22-20-18-16-14-12-10-7-2/h30-43,54-56H,6-29,57-58H2,1-5H3. The Morgan fingerprint density at radius 1 is 0.328 bits per heavy atom. The van der Waals surface area contributed by atoms with E-state index in [-0.39, 0.29) is 0 Å². The second-order valence-electron chi connectivity index (χ2n) is 18.0. The fraction of sp³-hybridized carbons (Fsp3) is 0.571. The van der Waals surface area contributed by atoms with Crippen molar-refractivity contribution in [2.45, 2.75) is 206 Å². The summed E-state index contributed by atoms with van der Waals surface area (Å²) in [7, 11) is 0. The molecule has 0 heterocycles. The lowest BCUT2D eigenvalue weighted by Gasteiger charge is -2.24. The molecule has 2 nitrogen and oxygen atoms in total. The van der Waals surface area contributed by atoms with Gasteiger partial charge in [0.25, 0.3) is 0 Å². The van der Waals surface area contributed by atoms with Gasteiger partial charge in [0, 0.05) is 29.1 Å². The highest BCUT2D eigenvalue weighted by molar-refractivity contribution is 5.50. The van der Waals surface area contributed by atoms with Gasteiger partial charge >= 0.3 is 0 Å². The fourth-order valence-electron chi connectivity index (χ4n) is 9.59. The van der Waals surface area contributed by atoms with Crippen LogP contribution in [0.2, 0.25) is 0 Å². The van der Waals surface area contributed by atoms with Crippen LogP contribution < -0.4 is 11.5 Å². The van der Waals surface area contributed by atoms with Gasteiger partial charge < -0.3 is 11.5 Å². The van der Waals surface area contributed by atoms with E-state index in [1.807, 2.05) is 0 Å². The molecule has 0 spiro atoms. The van der Waals surface area contributed by atoms with Crippen molar-refractivity contribution >= 4 is 11.4 Å². The zero-order valence-corrected chi connectivity index (χ0v) is 37.9. The van der Waals surface area contributed by atoms with Crippen LogP contribution in [-0.4, -0.2) is 0 Å². The van der Waals surface area contributed by atoms with E-state index in [0.717, 1.165) is 24.2 Å². The second kappa shape index (κ2) is 27.3. The summed E-state index contributed by atoms with van der Waals surface area (Å²) in [4.78, 5) is 0. The molecule has 0 saturated carbocycles. The third-order valence-electron chi connectivity index (χ3n) is 13.1. The Morgan fingerprint density at radius 2 is 0.621 bits per heavy atom. The summed E-state index contributed by atoms with van der Waals surface area (Å²) in [6, 6.07) is 32.6. The number of rotatable bonds is 30. The summed E-state index contributed by atoms with van der Waals surface area (Å²) in [5.41, 5.74) is 25.4. The number of nitrogen functional groups attached to an aromatic ring is 2. The van der Waals surface area contributed by atoms with E-state index in [1.165, 1.54) is 186 Å². The maximum Gasteiger partial charge on any atom is 0.0316 e. The van der Waals surface area contributed by atoms with E-state index in [9.17, 15) is 0 Å². The highest BCUT2D eigenvalue weighted by atomic mass is 14.5. The average Bonchev–Trinajstić information content (AvgIpc) is 3.22. The van der Waals surface area contributed by atoms with Crippen LogP contribution in [0.3, 0.4) is 0 Å². The van der Waals surface area contributed by atoms with Gasteiger partial charge in [-0.2, -0.15) is 0 Å². The van der Waals surface area contributed by atoms with Crippen LogP contribution in [0.5, 0.6) is 0 Å². The van der Waals surface area contributed by atoms with Gasteiger partial charge in [-0.1, -0.05) is 216 Å². The monoisotopic (exact) mass is 785 g/mol. The number of anilines is 2. The quantitative estimate of drug-likeness (QED) is 0.0409. The van der Waals surface area contributed by atoms with Gasteiger partial charge in [0.1, 0.15) is 0 Å². The molecule has 0 aliphatic carbocycles. The van der Waals surface area contributed by atoms with Crippen molar-refractivity contribution in [3.63, 3.8) is 0 Å². The molecule has 4 aromatic rings. The largest absolute Gasteiger partial charge is 0.399 e. The van der Waals surface area contributed by atoms with Crippen LogP contribution in [-0.2, 0) is 0 Å². The molecule has 0 bridgehead atoms. The van der Waals surface area contributed by atoms with Gasteiger partial charge in [-0.15, -0.1) is 0 Å². The molecule has 0 aromatic heterocycles. The number of hydrogen-bond donors (Lipinski definition) is 2. The molecule has 0 amide bonds. The molecule has 0 saturated heterocycles. The van der Waals surface area contributed by atoms with Crippen molar-refractivity contribution in [1.29, 1.82) is 0 Å². The molecule has 2 atom stereocenters. The molecule has 0 aliphatic rings. The van der Waals surface area contributed by atoms with Crippen LogP contribution >= 0.6 is 0 Å². The summed E-state index contributed by atoms with van der Waals surface area (Å²) in [5, 5.41) is 0. The fourth-order valence-corrected chi connectivity index (χ4v) is 9.59. The first kappa shape index (κ1) is 47.2. The Morgan fingerprint density at radius 3 is 0.914 bits per heavy atom. The van der Waals surface area contributed by atoms with Crippen LogP contribution in [0.25, 0.3) is 0 Å². The Balaban J connectivity index is 1.44. The second-order valence-corrected chi connectivity index (χ2v) is 18.0. The summed E-state index contributed by atoms with van der Waals surface area (Å²) in [6.45, 7) is 11.4. The van der Waals surface area contributed by atoms with E-state index >= 15 is 0 Å². The molecule has 0 aliphatic heterocycles. The number of unbranched alkanes of at least 4 members (excludes halogenated alkanes) is 18. The third kappa shape index (κ3) is 15.9. The lowest BCUT2D eigenvalue weighted by molar-refractivity contribution is 0.540. The lowest BCUT2D eigenvalue weighted by Crippen LogP contribution is -2.07. The zero-order chi connectivity index (χ0) is 41.4. The number of aryl methyl sites for hydroxylation is 2. The van der Waals surface area contributed by atoms with Crippen LogP contribution in [0.15, 0.2) is 84.9 Å². The SMILES string of the molecule is CCCCCCCCCCCCC(c1ccc(C(CCC)c2ccc(C(CCCCCCCCCCCC)c3ccc(N)cc3C)cc2)cc1)c1ccc(N)cc1C. The van der Waals surface area contributed by atoms with Gasteiger partial charge in [-0.25, -0.2) is 0 Å². The van der Waals surface area contributed by atoms with Gasteiger partial charge in [0.05, 0.1) is 0 Å². The molecule has 2 unspecified atom stereocenters. The topological polar surface area (TPSA) is 52.0 Å². The molecule has 58 heavy (non-hydrogen) atoms. The molecule has 4 N–H and O–H groups in total. The molecular formula is C56H84N2. The van der Waals surface area contributed by atoms with Crippen molar-refractivity contribution in [3.8, 4) is 0 Å². The highest BCUT2D eigenvalue weighted by Crippen LogP contribution is 2.38. The highest BCUT2D eigenvalue weighted by Gasteiger charge is 2.21. The first-order valence-corrected chi connectivity index (χ1v) is 24.3.